The molecule has 0 bridgehead atoms. The Morgan fingerprint density at radius 3 is 2.82 bits per heavy atom. The number of aryl methyl sites for hydroxylation is 1. The van der Waals surface area contributed by atoms with Crippen LogP contribution in [0.4, 0.5) is 10.5 Å². The number of thioether (sulfide) groups is 1. The van der Waals surface area contributed by atoms with E-state index in [4.69, 9.17) is 4.74 Å². The topological polar surface area (TPSA) is 68.2 Å². The summed E-state index contributed by atoms with van der Waals surface area (Å²) in [5.74, 6) is 0. The van der Waals surface area contributed by atoms with Gasteiger partial charge >= 0.3 is 6.03 Å². The maximum absolute atomic E-state index is 12.3. The van der Waals surface area contributed by atoms with Crippen LogP contribution in [0.3, 0.4) is 0 Å². The van der Waals surface area contributed by atoms with Crippen LogP contribution >= 0.6 is 11.8 Å². The van der Waals surface area contributed by atoms with Gasteiger partial charge in [-0.05, 0) is 24.5 Å². The van der Waals surface area contributed by atoms with Gasteiger partial charge in [0.15, 0.2) is 0 Å². The van der Waals surface area contributed by atoms with E-state index in [9.17, 15) is 4.79 Å². The standard InChI is InChI=1S/C15H20N4O2S/c1-19-13(8-9-16-19)12(10-21-2)18-15(20)17-11-6-4-5-7-14(11)22-3/h4-9,12H,10H2,1-3H3,(H2,17,18,20)/t12-/m0/s1. The van der Waals surface area contributed by atoms with Crippen LogP contribution < -0.4 is 10.6 Å². The number of nitrogens with zero attached hydrogens (tertiary/aromatic N) is 2. The molecule has 1 heterocycles. The fourth-order valence-corrected chi connectivity index (χ4v) is 2.71. The van der Waals surface area contributed by atoms with Crippen molar-refractivity contribution in [2.45, 2.75) is 10.9 Å². The third kappa shape index (κ3) is 4.02. The molecule has 22 heavy (non-hydrogen) atoms. The lowest BCUT2D eigenvalue weighted by molar-refractivity contribution is 0.165. The Bertz CT molecular complexity index is 630. The van der Waals surface area contributed by atoms with Crippen LogP contribution in [0.1, 0.15) is 11.7 Å². The van der Waals surface area contributed by atoms with Crippen LogP contribution in [0.25, 0.3) is 0 Å². The van der Waals surface area contributed by atoms with Crippen LogP contribution in [0.5, 0.6) is 0 Å². The summed E-state index contributed by atoms with van der Waals surface area (Å²) in [4.78, 5) is 13.3. The first kappa shape index (κ1) is 16.4. The number of hydrogen-bond acceptors (Lipinski definition) is 4. The second-order valence-electron chi connectivity index (χ2n) is 4.69. The molecule has 1 aromatic heterocycles. The number of nitrogens with one attached hydrogen (secondary N) is 2. The predicted molar refractivity (Wildman–Crippen MR) is 88.2 cm³/mol. The van der Waals surface area contributed by atoms with Crippen molar-refractivity contribution >= 4 is 23.5 Å². The van der Waals surface area contributed by atoms with Crippen molar-refractivity contribution in [1.82, 2.24) is 15.1 Å². The van der Waals surface area contributed by atoms with Gasteiger partial charge in [-0.15, -0.1) is 11.8 Å². The van der Waals surface area contributed by atoms with Crippen molar-refractivity contribution in [3.63, 3.8) is 0 Å². The average Bonchev–Trinajstić information content (AvgIpc) is 2.93. The van der Waals surface area contributed by atoms with Gasteiger partial charge in [-0.3, -0.25) is 4.68 Å². The summed E-state index contributed by atoms with van der Waals surface area (Å²) in [7, 11) is 3.44. The number of methoxy groups -OCH3 is 1. The Labute approximate surface area is 134 Å². The Balaban J connectivity index is 2.07. The molecule has 2 aromatic rings. The number of carbonyl (C=O) groups is 1. The number of amides is 2. The van der Waals surface area contributed by atoms with Crippen LogP contribution in [-0.4, -0.2) is 35.8 Å². The molecule has 0 radical (unpaired) electrons. The Morgan fingerprint density at radius 1 is 1.41 bits per heavy atom. The predicted octanol–water partition coefficient (Wildman–Crippen LogP) is 2.65. The molecule has 0 aliphatic carbocycles. The Hall–Kier alpha value is -1.99. The minimum atomic E-state index is -0.273. The Kier molecular flexibility index (Phi) is 5.85. The molecule has 1 aromatic carbocycles. The summed E-state index contributed by atoms with van der Waals surface area (Å²) in [6.45, 7) is 0.372. The van der Waals surface area contributed by atoms with Gasteiger partial charge in [-0.2, -0.15) is 5.10 Å². The smallest absolute Gasteiger partial charge is 0.319 e. The van der Waals surface area contributed by atoms with Gasteiger partial charge in [0.05, 0.1) is 24.0 Å². The molecule has 1 atom stereocenters. The molecule has 2 amide bonds. The highest BCUT2D eigenvalue weighted by molar-refractivity contribution is 7.98. The molecular formula is C15H20N4O2S. The second kappa shape index (κ2) is 7.86. The lowest BCUT2D eigenvalue weighted by atomic mass is 10.2. The Morgan fingerprint density at radius 2 is 2.18 bits per heavy atom. The van der Waals surface area contributed by atoms with E-state index in [0.717, 1.165) is 16.3 Å². The molecule has 0 unspecified atom stereocenters. The van der Waals surface area contributed by atoms with Crippen molar-refractivity contribution < 1.29 is 9.53 Å². The average molecular weight is 320 g/mol. The summed E-state index contributed by atoms with van der Waals surface area (Å²) in [5.41, 5.74) is 1.67. The molecule has 0 aliphatic rings. The number of aromatic nitrogens is 2. The van der Waals surface area contributed by atoms with Crippen molar-refractivity contribution in [2.75, 3.05) is 25.3 Å². The summed E-state index contributed by atoms with van der Waals surface area (Å²) in [6.07, 6.45) is 3.67. The maximum Gasteiger partial charge on any atom is 0.319 e. The van der Waals surface area contributed by atoms with E-state index in [-0.39, 0.29) is 12.1 Å². The number of urea groups is 1. The number of rotatable bonds is 6. The van der Waals surface area contributed by atoms with Crippen molar-refractivity contribution in [3.8, 4) is 0 Å². The minimum Gasteiger partial charge on any atom is -0.382 e. The summed E-state index contributed by atoms with van der Waals surface area (Å²) in [5, 5.41) is 9.92. The molecular weight excluding hydrogens is 300 g/mol. The molecule has 2 rings (SSSR count). The molecule has 118 valence electrons. The zero-order valence-electron chi connectivity index (χ0n) is 12.9. The number of anilines is 1. The highest BCUT2D eigenvalue weighted by Crippen LogP contribution is 2.24. The van der Waals surface area contributed by atoms with Gasteiger partial charge in [-0.25, -0.2) is 4.79 Å². The van der Waals surface area contributed by atoms with Crippen LogP contribution in [0, 0.1) is 0 Å². The summed E-state index contributed by atoms with van der Waals surface area (Å²) in [6, 6.07) is 9.00. The molecule has 0 spiro atoms. The number of benzene rings is 1. The first-order chi connectivity index (χ1) is 10.7. The maximum atomic E-state index is 12.3. The minimum absolute atomic E-state index is 0.265. The fourth-order valence-electron chi connectivity index (χ4n) is 2.16. The zero-order valence-corrected chi connectivity index (χ0v) is 13.7. The van der Waals surface area contributed by atoms with E-state index < -0.39 is 0 Å². The van der Waals surface area contributed by atoms with Crippen LogP contribution in [-0.2, 0) is 11.8 Å². The highest BCUT2D eigenvalue weighted by Gasteiger charge is 2.18. The third-order valence-electron chi connectivity index (χ3n) is 3.21. The molecule has 0 saturated heterocycles. The van der Waals surface area contributed by atoms with Crippen LogP contribution in [0.15, 0.2) is 41.4 Å². The SMILES string of the molecule is COC[C@H](NC(=O)Nc1ccccc1SC)c1ccnn1C. The van der Waals surface area contributed by atoms with Gasteiger partial charge in [0.2, 0.25) is 0 Å². The first-order valence-corrected chi connectivity index (χ1v) is 8.05. The molecule has 0 saturated carbocycles. The van der Waals surface area contributed by atoms with E-state index in [1.807, 2.05) is 43.6 Å². The van der Waals surface area contributed by atoms with Crippen LogP contribution in [0.2, 0.25) is 0 Å². The summed E-state index contributed by atoms with van der Waals surface area (Å²) >= 11 is 1.59. The zero-order chi connectivity index (χ0) is 15.9. The molecule has 7 heteroatoms. The second-order valence-corrected chi connectivity index (χ2v) is 5.53. The number of ether oxygens (including phenoxy) is 1. The normalized spacial score (nSPS) is 12.0. The van der Waals surface area contributed by atoms with Crippen molar-refractivity contribution in [2.24, 2.45) is 7.05 Å². The molecule has 6 nitrogen and oxygen atoms in total. The van der Waals surface area contributed by atoms with E-state index in [0.29, 0.717) is 6.61 Å². The van der Waals surface area contributed by atoms with Gasteiger partial charge in [0.25, 0.3) is 0 Å². The lowest BCUT2D eigenvalue weighted by Crippen LogP contribution is -2.35. The van der Waals surface area contributed by atoms with E-state index in [1.165, 1.54) is 0 Å². The number of hydrogen-bond donors (Lipinski definition) is 2. The summed E-state index contributed by atoms with van der Waals surface area (Å²) < 4.78 is 6.91. The van der Waals surface area contributed by atoms with Gasteiger partial charge in [0.1, 0.15) is 0 Å². The molecule has 2 N–H and O–H groups in total. The monoisotopic (exact) mass is 320 g/mol. The van der Waals surface area contributed by atoms with E-state index >= 15 is 0 Å². The third-order valence-corrected chi connectivity index (χ3v) is 4.01. The number of carbonyl (C=O) groups excluding carboxylic acids is 1. The largest absolute Gasteiger partial charge is 0.382 e. The fraction of sp³-hybridized carbons (Fsp3) is 0.333. The van der Waals surface area contributed by atoms with Gasteiger partial charge < -0.3 is 15.4 Å². The van der Waals surface area contributed by atoms with Crippen molar-refractivity contribution in [3.05, 3.63) is 42.2 Å². The molecule has 0 aliphatic heterocycles. The van der Waals surface area contributed by atoms with Crippen molar-refractivity contribution in [1.29, 1.82) is 0 Å². The van der Waals surface area contributed by atoms with E-state index in [1.54, 1.807) is 29.8 Å². The van der Waals surface area contributed by atoms with Gasteiger partial charge in [0, 0.05) is 25.2 Å². The van der Waals surface area contributed by atoms with Gasteiger partial charge in [-0.1, -0.05) is 12.1 Å². The quantitative estimate of drug-likeness (QED) is 0.803. The lowest BCUT2D eigenvalue weighted by Gasteiger charge is -2.19. The van der Waals surface area contributed by atoms with E-state index in [2.05, 4.69) is 15.7 Å². The first-order valence-electron chi connectivity index (χ1n) is 6.83. The molecule has 0 fully saturated rings. The highest BCUT2D eigenvalue weighted by atomic mass is 32.2. The number of para-hydroxylation sites is 1.